The minimum Gasteiger partial charge on any atom is -0.193 e. The first-order valence-corrected chi connectivity index (χ1v) is 3.52. The van der Waals surface area contributed by atoms with Gasteiger partial charge in [0.25, 0.3) is 0 Å². The first kappa shape index (κ1) is 5.05. The van der Waals surface area contributed by atoms with Gasteiger partial charge in [0.15, 0.2) is 0 Å². The molecule has 0 amide bonds. The van der Waals surface area contributed by atoms with Crippen LogP contribution in [0.1, 0.15) is 19.3 Å². The number of rotatable bonds is 0. The maximum absolute atomic E-state index is 8.57. The van der Waals surface area contributed by atoms with E-state index < -0.39 is 0 Å². The molecule has 2 bridgehead atoms. The number of allylic oxidation sites excluding steroid dienone is 2. The lowest BCUT2D eigenvalue weighted by Gasteiger charge is -2.03. The van der Waals surface area contributed by atoms with Gasteiger partial charge in [-0.2, -0.15) is 5.26 Å². The van der Waals surface area contributed by atoms with Crippen molar-refractivity contribution in [1.82, 2.24) is 0 Å². The van der Waals surface area contributed by atoms with Gasteiger partial charge in [-0.1, -0.05) is 6.08 Å². The Hall–Kier alpha value is -0.770. The zero-order valence-corrected chi connectivity index (χ0v) is 5.30. The third-order valence-corrected chi connectivity index (χ3v) is 2.46. The van der Waals surface area contributed by atoms with Gasteiger partial charge in [-0.15, -0.1) is 0 Å². The topological polar surface area (TPSA) is 23.8 Å². The van der Waals surface area contributed by atoms with E-state index in [1.54, 1.807) is 0 Å². The van der Waals surface area contributed by atoms with Crippen LogP contribution in [0, 0.1) is 23.2 Å². The van der Waals surface area contributed by atoms with Crippen molar-refractivity contribution in [2.24, 2.45) is 11.8 Å². The van der Waals surface area contributed by atoms with Crippen LogP contribution >= 0.6 is 0 Å². The first-order chi connectivity index (χ1) is 4.40. The fraction of sp³-hybridized carbons (Fsp3) is 0.625. The first-order valence-electron chi connectivity index (χ1n) is 3.52. The van der Waals surface area contributed by atoms with Crippen molar-refractivity contribution in [1.29, 1.82) is 5.26 Å². The molecule has 0 heterocycles. The van der Waals surface area contributed by atoms with Gasteiger partial charge in [0.05, 0.1) is 6.07 Å². The van der Waals surface area contributed by atoms with E-state index in [2.05, 4.69) is 12.1 Å². The fourth-order valence-electron chi connectivity index (χ4n) is 1.97. The summed E-state index contributed by atoms with van der Waals surface area (Å²) in [5, 5.41) is 8.57. The minimum absolute atomic E-state index is 0.653. The van der Waals surface area contributed by atoms with E-state index in [1.165, 1.54) is 19.3 Å². The minimum atomic E-state index is 0.653. The number of hydrogen-bond donors (Lipinski definition) is 0. The van der Waals surface area contributed by atoms with Crippen molar-refractivity contribution in [3.8, 4) is 6.07 Å². The highest BCUT2D eigenvalue weighted by molar-refractivity contribution is 5.31. The molecule has 2 aliphatic carbocycles. The predicted molar refractivity (Wildman–Crippen MR) is 34.5 cm³/mol. The molecule has 1 fully saturated rings. The number of hydrogen-bond acceptors (Lipinski definition) is 1. The summed E-state index contributed by atoms with van der Waals surface area (Å²) in [6.45, 7) is 0. The Bertz CT molecular complexity index is 197. The van der Waals surface area contributed by atoms with Crippen LogP contribution in [0.2, 0.25) is 0 Å². The van der Waals surface area contributed by atoms with Crippen LogP contribution in [0.4, 0.5) is 0 Å². The lowest BCUT2D eigenvalue weighted by Crippen LogP contribution is -1.93. The van der Waals surface area contributed by atoms with E-state index in [0.29, 0.717) is 5.92 Å². The highest BCUT2D eigenvalue weighted by atomic mass is 14.4. The van der Waals surface area contributed by atoms with Crippen LogP contribution in [-0.4, -0.2) is 0 Å². The lowest BCUT2D eigenvalue weighted by molar-refractivity contribution is 0.674. The SMILES string of the molecule is N#CC1=CC2CC[C@H]1C2. The molecule has 2 atom stereocenters. The van der Waals surface area contributed by atoms with Crippen molar-refractivity contribution in [3.63, 3.8) is 0 Å². The largest absolute Gasteiger partial charge is 0.193 e. The van der Waals surface area contributed by atoms with Crippen LogP contribution in [0.25, 0.3) is 0 Å². The van der Waals surface area contributed by atoms with Crippen LogP contribution in [0.3, 0.4) is 0 Å². The number of fused-ring (bicyclic) bond motifs is 2. The van der Waals surface area contributed by atoms with Gasteiger partial charge < -0.3 is 0 Å². The molecule has 0 aliphatic heterocycles. The summed E-state index contributed by atoms with van der Waals surface area (Å²) in [5.41, 5.74) is 1.06. The molecule has 9 heavy (non-hydrogen) atoms. The second-order valence-corrected chi connectivity index (χ2v) is 3.00. The molecule has 1 unspecified atom stereocenters. The van der Waals surface area contributed by atoms with Gasteiger partial charge in [0.1, 0.15) is 0 Å². The molecule has 0 aromatic rings. The molecule has 1 nitrogen and oxygen atoms in total. The van der Waals surface area contributed by atoms with Crippen LogP contribution in [0.15, 0.2) is 11.6 Å². The Labute approximate surface area is 55.0 Å². The average Bonchev–Trinajstić information content (AvgIpc) is 2.45. The van der Waals surface area contributed by atoms with Crippen LogP contribution in [-0.2, 0) is 0 Å². The molecule has 2 aliphatic rings. The molecule has 0 N–H and O–H groups in total. The van der Waals surface area contributed by atoms with Gasteiger partial charge in [-0.05, 0) is 31.1 Å². The second kappa shape index (κ2) is 1.60. The van der Waals surface area contributed by atoms with Gasteiger partial charge >= 0.3 is 0 Å². The van der Waals surface area contributed by atoms with Crippen LogP contribution in [0.5, 0.6) is 0 Å². The third-order valence-electron chi connectivity index (χ3n) is 2.46. The predicted octanol–water partition coefficient (Wildman–Crippen LogP) is 1.87. The van der Waals surface area contributed by atoms with Gasteiger partial charge in [0.2, 0.25) is 0 Å². The van der Waals surface area contributed by atoms with E-state index in [4.69, 9.17) is 5.26 Å². The van der Waals surface area contributed by atoms with Gasteiger partial charge in [0, 0.05) is 5.57 Å². The summed E-state index contributed by atoms with van der Waals surface area (Å²) < 4.78 is 0. The summed E-state index contributed by atoms with van der Waals surface area (Å²) in [5.74, 6) is 1.42. The molecule has 1 heteroatoms. The highest BCUT2D eigenvalue weighted by Gasteiger charge is 2.32. The summed E-state index contributed by atoms with van der Waals surface area (Å²) in [7, 11) is 0. The van der Waals surface area contributed by atoms with Gasteiger partial charge in [-0.3, -0.25) is 0 Å². The monoisotopic (exact) mass is 119 g/mol. The van der Waals surface area contributed by atoms with Crippen molar-refractivity contribution in [2.75, 3.05) is 0 Å². The lowest BCUT2D eigenvalue weighted by atomic mass is 10.0. The fourth-order valence-corrected chi connectivity index (χ4v) is 1.97. The summed E-state index contributed by atoms with van der Waals surface area (Å²) in [6, 6.07) is 2.26. The van der Waals surface area contributed by atoms with Crippen molar-refractivity contribution in [2.45, 2.75) is 19.3 Å². The smallest absolute Gasteiger partial charge is 0.0946 e. The zero-order valence-electron chi connectivity index (χ0n) is 5.30. The van der Waals surface area contributed by atoms with Crippen LogP contribution < -0.4 is 0 Å². The summed E-state index contributed by atoms with van der Waals surface area (Å²) in [6.07, 6.45) is 6.02. The van der Waals surface area contributed by atoms with E-state index in [9.17, 15) is 0 Å². The normalized spacial score (nSPS) is 38.3. The standard InChI is InChI=1S/C8H9N/c9-5-8-4-6-1-2-7(8)3-6/h4,6-7H,1-3H2/t6?,7-/m0/s1. The van der Waals surface area contributed by atoms with Gasteiger partial charge in [-0.25, -0.2) is 0 Å². The maximum Gasteiger partial charge on any atom is 0.0946 e. The van der Waals surface area contributed by atoms with E-state index >= 15 is 0 Å². The number of nitrogens with zero attached hydrogens (tertiary/aromatic N) is 1. The molecule has 0 aromatic heterocycles. The Morgan fingerprint density at radius 3 is 2.78 bits per heavy atom. The number of nitriles is 1. The zero-order chi connectivity index (χ0) is 6.27. The second-order valence-electron chi connectivity index (χ2n) is 3.00. The maximum atomic E-state index is 8.57. The third kappa shape index (κ3) is 0.595. The Morgan fingerprint density at radius 1 is 1.56 bits per heavy atom. The highest BCUT2D eigenvalue weighted by Crippen LogP contribution is 2.42. The van der Waals surface area contributed by atoms with Crippen molar-refractivity contribution in [3.05, 3.63) is 11.6 Å². The molecule has 1 saturated carbocycles. The quantitative estimate of drug-likeness (QED) is 0.477. The van der Waals surface area contributed by atoms with Crippen molar-refractivity contribution >= 4 is 0 Å². The molecule has 0 radical (unpaired) electrons. The molecule has 0 saturated heterocycles. The molecule has 0 spiro atoms. The molecular formula is C8H9N. The van der Waals surface area contributed by atoms with E-state index in [0.717, 1.165) is 11.5 Å². The Kier molecular flexibility index (Phi) is 0.900. The Balaban J connectivity index is 2.30. The molecule has 46 valence electrons. The molecule has 0 aromatic carbocycles. The van der Waals surface area contributed by atoms with E-state index in [-0.39, 0.29) is 0 Å². The molecular weight excluding hydrogens is 110 g/mol. The Morgan fingerprint density at radius 2 is 2.44 bits per heavy atom. The summed E-state index contributed by atoms with van der Waals surface area (Å²) in [4.78, 5) is 0. The summed E-state index contributed by atoms with van der Waals surface area (Å²) >= 11 is 0. The molecule has 2 rings (SSSR count). The average molecular weight is 119 g/mol. The van der Waals surface area contributed by atoms with Crippen molar-refractivity contribution < 1.29 is 0 Å². The van der Waals surface area contributed by atoms with E-state index in [1.807, 2.05) is 0 Å².